The summed E-state index contributed by atoms with van der Waals surface area (Å²) in [4.78, 5) is 19.1. The van der Waals surface area contributed by atoms with Crippen molar-refractivity contribution in [2.45, 2.75) is 6.54 Å². The molecule has 1 aliphatic rings. The smallest absolute Gasteiger partial charge is 0.248 e. The first kappa shape index (κ1) is 21.1. The fourth-order valence-electron chi connectivity index (χ4n) is 3.99. The van der Waals surface area contributed by atoms with E-state index >= 15 is 0 Å². The van der Waals surface area contributed by atoms with Crippen LogP contribution in [0.4, 0.5) is 5.69 Å². The molecule has 0 unspecified atom stereocenters. The van der Waals surface area contributed by atoms with E-state index in [-0.39, 0.29) is 5.91 Å². The van der Waals surface area contributed by atoms with Crippen LogP contribution in [-0.4, -0.2) is 51.7 Å². The normalized spacial score (nSPS) is 14.7. The molecular weight excluding hydrogens is 414 g/mol. The van der Waals surface area contributed by atoms with Crippen molar-refractivity contribution in [2.24, 2.45) is 0 Å². The molecule has 7 heteroatoms. The number of hydrogen-bond donors (Lipinski definition) is 1. The maximum Gasteiger partial charge on any atom is 0.248 e. The fraction of sp³-hybridized carbons (Fsp3) is 0.192. The van der Waals surface area contributed by atoms with Crippen LogP contribution < -0.4 is 5.32 Å². The van der Waals surface area contributed by atoms with Crippen LogP contribution in [0.3, 0.4) is 0 Å². The lowest BCUT2D eigenvalue weighted by Gasteiger charge is -2.26. The number of rotatable bonds is 6. The maximum absolute atomic E-state index is 12.5. The molecule has 1 amide bonds. The molecular formula is C26H25N5O2. The van der Waals surface area contributed by atoms with Crippen LogP contribution >= 0.6 is 0 Å². The van der Waals surface area contributed by atoms with E-state index in [1.807, 2.05) is 53.3 Å². The summed E-state index contributed by atoms with van der Waals surface area (Å²) in [7, 11) is 0. The van der Waals surface area contributed by atoms with Crippen LogP contribution in [0.5, 0.6) is 0 Å². The van der Waals surface area contributed by atoms with E-state index in [2.05, 4.69) is 32.4 Å². The molecule has 0 spiro atoms. The predicted molar refractivity (Wildman–Crippen MR) is 129 cm³/mol. The molecule has 33 heavy (non-hydrogen) atoms. The molecule has 3 aromatic heterocycles. The van der Waals surface area contributed by atoms with E-state index in [9.17, 15) is 4.79 Å². The number of pyridine rings is 2. The van der Waals surface area contributed by atoms with Crippen LogP contribution in [0.1, 0.15) is 11.1 Å². The first-order chi connectivity index (χ1) is 16.3. The van der Waals surface area contributed by atoms with E-state index in [4.69, 9.17) is 4.74 Å². The number of carbonyl (C=O) groups is 1. The van der Waals surface area contributed by atoms with Crippen molar-refractivity contribution < 1.29 is 9.53 Å². The van der Waals surface area contributed by atoms with Gasteiger partial charge in [0.05, 0.1) is 24.9 Å². The van der Waals surface area contributed by atoms with Crippen molar-refractivity contribution in [1.29, 1.82) is 0 Å². The van der Waals surface area contributed by atoms with Crippen LogP contribution in [0, 0.1) is 0 Å². The van der Waals surface area contributed by atoms with Crippen molar-refractivity contribution in [3.63, 3.8) is 0 Å². The van der Waals surface area contributed by atoms with E-state index in [0.717, 1.165) is 60.7 Å². The Kier molecular flexibility index (Phi) is 6.23. The van der Waals surface area contributed by atoms with Gasteiger partial charge in [0.1, 0.15) is 0 Å². The minimum absolute atomic E-state index is 0.189. The largest absolute Gasteiger partial charge is 0.379 e. The number of fused-ring (bicyclic) bond motifs is 1. The summed E-state index contributed by atoms with van der Waals surface area (Å²) in [6, 6.07) is 15.9. The lowest BCUT2D eigenvalue weighted by Crippen LogP contribution is -2.35. The van der Waals surface area contributed by atoms with E-state index in [1.54, 1.807) is 18.5 Å². The van der Waals surface area contributed by atoms with Gasteiger partial charge in [-0.2, -0.15) is 5.10 Å². The second-order valence-corrected chi connectivity index (χ2v) is 7.96. The minimum Gasteiger partial charge on any atom is -0.379 e. The molecule has 4 aromatic rings. The Hall–Kier alpha value is -3.81. The molecule has 0 saturated carbocycles. The lowest BCUT2D eigenvalue weighted by atomic mass is 10.0. The van der Waals surface area contributed by atoms with Crippen LogP contribution in [0.2, 0.25) is 0 Å². The number of benzene rings is 1. The van der Waals surface area contributed by atoms with Crippen LogP contribution in [0.15, 0.2) is 79.4 Å². The molecule has 166 valence electrons. The summed E-state index contributed by atoms with van der Waals surface area (Å²) >= 11 is 0. The van der Waals surface area contributed by atoms with Crippen molar-refractivity contribution in [1.82, 2.24) is 19.5 Å². The third-order valence-corrected chi connectivity index (χ3v) is 5.71. The first-order valence-electron chi connectivity index (χ1n) is 11.0. The predicted octanol–water partition coefficient (Wildman–Crippen LogP) is 3.88. The van der Waals surface area contributed by atoms with Gasteiger partial charge in [0, 0.05) is 61.1 Å². The Labute approximate surface area is 192 Å². The number of nitrogens with zero attached hydrogens (tertiary/aromatic N) is 4. The van der Waals surface area contributed by atoms with E-state index in [0.29, 0.717) is 0 Å². The lowest BCUT2D eigenvalue weighted by molar-refractivity contribution is -0.111. The summed E-state index contributed by atoms with van der Waals surface area (Å²) in [5.74, 6) is -0.189. The third kappa shape index (κ3) is 5.00. The van der Waals surface area contributed by atoms with Crippen molar-refractivity contribution >= 4 is 23.2 Å². The summed E-state index contributed by atoms with van der Waals surface area (Å²) in [6.07, 6.45) is 10.6. The molecule has 1 aliphatic heterocycles. The van der Waals surface area contributed by atoms with Gasteiger partial charge in [-0.25, -0.2) is 4.52 Å². The first-order valence-corrected chi connectivity index (χ1v) is 11.0. The molecule has 0 bridgehead atoms. The Morgan fingerprint density at radius 2 is 1.88 bits per heavy atom. The van der Waals surface area contributed by atoms with Crippen molar-refractivity contribution in [2.75, 3.05) is 31.6 Å². The molecule has 0 aliphatic carbocycles. The van der Waals surface area contributed by atoms with Crippen molar-refractivity contribution in [3.8, 4) is 11.1 Å². The molecule has 7 nitrogen and oxygen atoms in total. The van der Waals surface area contributed by atoms with Crippen LogP contribution in [-0.2, 0) is 16.1 Å². The van der Waals surface area contributed by atoms with Gasteiger partial charge in [0.15, 0.2) is 0 Å². The Morgan fingerprint density at radius 3 is 2.73 bits per heavy atom. The summed E-state index contributed by atoms with van der Waals surface area (Å²) < 4.78 is 7.23. The molecule has 1 N–H and O–H groups in total. The summed E-state index contributed by atoms with van der Waals surface area (Å²) in [5.41, 5.74) is 5.81. The minimum atomic E-state index is -0.189. The molecule has 0 radical (unpaired) electrons. The van der Waals surface area contributed by atoms with Gasteiger partial charge in [0.2, 0.25) is 5.91 Å². The monoisotopic (exact) mass is 439 g/mol. The summed E-state index contributed by atoms with van der Waals surface area (Å²) in [6.45, 7) is 4.38. The molecule has 4 heterocycles. The topological polar surface area (TPSA) is 71.8 Å². The number of carbonyl (C=O) groups excluding carboxylic acids is 1. The van der Waals surface area contributed by atoms with Gasteiger partial charge in [0.25, 0.3) is 0 Å². The molecule has 5 rings (SSSR count). The van der Waals surface area contributed by atoms with Gasteiger partial charge in [-0.15, -0.1) is 0 Å². The average molecular weight is 440 g/mol. The van der Waals surface area contributed by atoms with Gasteiger partial charge in [-0.1, -0.05) is 18.2 Å². The third-order valence-electron chi connectivity index (χ3n) is 5.71. The zero-order valence-corrected chi connectivity index (χ0v) is 18.2. The highest BCUT2D eigenvalue weighted by Crippen LogP contribution is 2.28. The summed E-state index contributed by atoms with van der Waals surface area (Å²) in [5, 5.41) is 7.35. The van der Waals surface area contributed by atoms with Gasteiger partial charge < -0.3 is 10.1 Å². The molecule has 1 saturated heterocycles. The Balaban J connectivity index is 1.26. The van der Waals surface area contributed by atoms with Gasteiger partial charge in [-0.05, 0) is 47.5 Å². The van der Waals surface area contributed by atoms with Crippen molar-refractivity contribution in [3.05, 3.63) is 90.5 Å². The molecule has 1 fully saturated rings. The quantitative estimate of drug-likeness (QED) is 0.462. The number of ether oxygens (including phenoxy) is 1. The maximum atomic E-state index is 12.5. The zero-order valence-electron chi connectivity index (χ0n) is 18.2. The highest BCUT2D eigenvalue weighted by Gasteiger charge is 2.11. The Bertz CT molecular complexity index is 1270. The number of aromatic nitrogens is 3. The van der Waals surface area contributed by atoms with Gasteiger partial charge >= 0.3 is 0 Å². The zero-order chi connectivity index (χ0) is 22.5. The average Bonchev–Trinajstić information content (AvgIpc) is 3.29. The number of nitrogens with one attached hydrogen (secondary N) is 1. The standard InChI is InChI=1S/C26H25N5O2/c32-26(29-22-7-4-20(5-8-22)19-30-13-15-33-16-14-30)9-6-21-17-27-11-10-23(21)24-18-28-31-12-2-1-3-25(24)31/h1-12,17-18H,13-16,19H2,(H,29,32). The molecule has 1 aromatic carbocycles. The number of amides is 1. The SMILES string of the molecule is O=C(C=Cc1cnccc1-c1cnn2ccccc12)Nc1ccc(CN2CCOCC2)cc1. The fourth-order valence-corrected chi connectivity index (χ4v) is 3.99. The van der Waals surface area contributed by atoms with Gasteiger partial charge in [-0.3, -0.25) is 14.7 Å². The van der Waals surface area contributed by atoms with E-state index < -0.39 is 0 Å². The molecule has 0 atom stereocenters. The van der Waals surface area contributed by atoms with E-state index in [1.165, 1.54) is 11.6 Å². The second kappa shape index (κ2) is 9.77. The Morgan fingerprint density at radius 1 is 1.03 bits per heavy atom. The second-order valence-electron chi connectivity index (χ2n) is 7.96. The highest BCUT2D eigenvalue weighted by molar-refractivity contribution is 6.02. The highest BCUT2D eigenvalue weighted by atomic mass is 16.5. The number of hydrogen-bond acceptors (Lipinski definition) is 5. The number of morpholine rings is 1. The van der Waals surface area contributed by atoms with Crippen LogP contribution in [0.25, 0.3) is 22.7 Å². The number of anilines is 1.